The predicted octanol–water partition coefficient (Wildman–Crippen LogP) is 15.5. The minimum Gasteiger partial charge on any atom is -0.508 e. The van der Waals surface area contributed by atoms with Crippen LogP contribution in [0.15, 0.2) is 168 Å². The number of hydrogen-bond donors (Lipinski definition) is 7. The summed E-state index contributed by atoms with van der Waals surface area (Å²) in [5.74, 6) is 5.67. The Morgan fingerprint density at radius 2 is 1.54 bits per heavy atom. The number of hydrogen-bond acceptors (Lipinski definition) is 9. The number of nitrogens with two attached hydrogens (primary N) is 2. The van der Waals surface area contributed by atoms with Gasteiger partial charge < -0.3 is 41.4 Å². The summed E-state index contributed by atoms with van der Waals surface area (Å²) in [6, 6.07) is 51.9. The SMILES string of the molecule is CC1CCCC(c2ccc3ccccc3c2CC(O)c2ccc(C3CCC4CCC(C5(N=C(N)N)Oc6ccc7c(c6)CCC(C)C7CC(S(=O)(=O)O)C6C=C7CC(CC8CC(CO)CC#Cc9cc(O)ccc9C7O8)C6c6ccc5cc6)C(Cc5ccccc5)C4(O)C3)cc2)C1. The molecule has 0 spiro atoms. The van der Waals surface area contributed by atoms with E-state index in [2.05, 4.69) is 153 Å². The van der Waals surface area contributed by atoms with Crippen LogP contribution in [0.25, 0.3) is 10.8 Å². The van der Waals surface area contributed by atoms with Gasteiger partial charge in [0.05, 0.1) is 23.1 Å². The molecule has 5 aliphatic heterocycles. The summed E-state index contributed by atoms with van der Waals surface area (Å²) in [4.78, 5) is 5.40. The number of rotatable bonds is 11. The Kier molecular flexibility index (Phi) is 18.1. The zero-order chi connectivity index (χ0) is 66.9. The quantitative estimate of drug-likeness (QED) is 0.0212. The summed E-state index contributed by atoms with van der Waals surface area (Å²) >= 11 is 0. The number of nitrogens with zero attached hydrogens (tertiary/aromatic N) is 1. The smallest absolute Gasteiger partial charge is 0.268 e. The Morgan fingerprint density at radius 1 is 0.773 bits per heavy atom. The maximum Gasteiger partial charge on any atom is 0.268 e. The molecule has 12 nitrogen and oxygen atoms in total. The van der Waals surface area contributed by atoms with Gasteiger partial charge in [-0.2, -0.15) is 8.42 Å². The van der Waals surface area contributed by atoms with E-state index in [-0.39, 0.29) is 66.3 Å². The van der Waals surface area contributed by atoms with Gasteiger partial charge in [-0.3, -0.25) is 4.55 Å². The molecular weight excluding hydrogens is 1230 g/mol. The van der Waals surface area contributed by atoms with E-state index < -0.39 is 62.6 Å². The monoisotopic (exact) mass is 1320 g/mol. The number of allylic oxidation sites excluding steroid dienone is 1. The number of aliphatic imine (C=N–C) groups is 1. The van der Waals surface area contributed by atoms with Crippen molar-refractivity contribution in [2.45, 2.75) is 188 Å². The Hall–Kier alpha value is -7.28. The lowest BCUT2D eigenvalue weighted by Gasteiger charge is -2.57. The van der Waals surface area contributed by atoms with Crippen molar-refractivity contribution < 1.29 is 42.9 Å². The summed E-state index contributed by atoms with van der Waals surface area (Å²) in [7, 11) is -4.73. The van der Waals surface area contributed by atoms with Crippen LogP contribution in [-0.2, 0) is 39.8 Å². The highest BCUT2D eigenvalue weighted by atomic mass is 32.2. The van der Waals surface area contributed by atoms with E-state index in [1.54, 1.807) is 12.1 Å². The van der Waals surface area contributed by atoms with E-state index in [1.807, 2.05) is 18.2 Å². The van der Waals surface area contributed by atoms with Gasteiger partial charge in [0, 0.05) is 53.9 Å². The van der Waals surface area contributed by atoms with Crippen LogP contribution in [0.1, 0.15) is 207 Å². The summed E-state index contributed by atoms with van der Waals surface area (Å²) < 4.78 is 56.2. The third kappa shape index (κ3) is 12.8. The molecule has 7 aromatic rings. The van der Waals surface area contributed by atoms with E-state index in [0.717, 1.165) is 70.2 Å². The Labute approximate surface area is 572 Å². The molecule has 0 amide bonds. The highest BCUT2D eigenvalue weighted by Gasteiger charge is 2.60. The van der Waals surface area contributed by atoms with E-state index >= 15 is 0 Å². The molecule has 13 heteroatoms. The van der Waals surface area contributed by atoms with Crippen molar-refractivity contribution in [2.24, 2.45) is 63.8 Å². The number of aryl methyl sites for hydroxylation is 1. The first-order valence-electron chi connectivity index (χ1n) is 36.2. The lowest BCUT2D eigenvalue weighted by atomic mass is 9.53. The summed E-state index contributed by atoms with van der Waals surface area (Å²) in [5.41, 5.74) is 22.5. The molecule has 506 valence electrons. The molecule has 18 atom stereocenters. The van der Waals surface area contributed by atoms with Gasteiger partial charge in [0.15, 0.2) is 5.96 Å². The first kappa shape index (κ1) is 65.6. The molecule has 1 saturated heterocycles. The molecule has 10 bridgehead atoms. The fourth-order valence-electron chi connectivity index (χ4n) is 20.3. The molecule has 5 aliphatic carbocycles. The van der Waals surface area contributed by atoms with Gasteiger partial charge >= 0.3 is 0 Å². The van der Waals surface area contributed by atoms with E-state index in [9.17, 15) is 33.4 Å². The molecule has 18 unspecified atom stereocenters. The minimum atomic E-state index is -4.73. The van der Waals surface area contributed by atoms with Crippen LogP contribution in [-0.4, -0.2) is 62.9 Å². The zero-order valence-electron chi connectivity index (χ0n) is 56.1. The van der Waals surface area contributed by atoms with Gasteiger partial charge in [-0.15, -0.1) is 0 Å². The van der Waals surface area contributed by atoms with Crippen molar-refractivity contribution >= 4 is 26.9 Å². The highest BCUT2D eigenvalue weighted by Crippen LogP contribution is 2.61. The summed E-state index contributed by atoms with van der Waals surface area (Å²) in [5, 5.41) is 49.5. The number of ether oxygens (including phenoxy) is 2. The fourth-order valence-corrected chi connectivity index (χ4v) is 21.4. The number of guanidine groups is 1. The van der Waals surface area contributed by atoms with Crippen molar-refractivity contribution in [1.29, 1.82) is 0 Å². The summed E-state index contributed by atoms with van der Waals surface area (Å²) in [6.07, 6.45) is 13.7. The third-order valence-electron chi connectivity index (χ3n) is 25.0. The largest absolute Gasteiger partial charge is 0.508 e. The van der Waals surface area contributed by atoms with Crippen molar-refractivity contribution in [3.63, 3.8) is 0 Å². The van der Waals surface area contributed by atoms with Crippen LogP contribution in [0.3, 0.4) is 0 Å². The molecule has 0 aromatic heterocycles. The van der Waals surface area contributed by atoms with Gasteiger partial charge in [-0.05, 0) is 228 Å². The predicted molar refractivity (Wildman–Crippen MR) is 381 cm³/mol. The number of phenols is 1. The standard InChI is InChI=1S/C84H95N3O9S/c1-50-10-8-15-58(38-50)71-34-27-55-14-6-7-17-69(55)74(71)46-78(90)56-22-20-54(21-23-56)61-26-28-64-31-37-76(77(83(64,91)48-61)40-52-11-4-3-5-12-52)84(87-82(85)86)65-29-24-57(25-30-65)80-62-41-63(81-72-35-32-66(89)42-59(72)16-9-13-53(49-88)39-68(44-62)95-81)45-75(80)79(97(92,93)94)47-73-51(2)18-19-60-43-67(96-84)33-36-70(60)73/h3-7,11-12,14,17,20-25,27,29-30,32-36,42-43,45,50-51,53,58,61-62,64,68,73,75-81,88-91H,8,10,13,15,18-19,26,28,31,37-41,44,46-49H2,1-2H3,(H4,85,86,87)(H,92,93,94). The lowest BCUT2D eigenvalue weighted by molar-refractivity contribution is -0.177. The van der Waals surface area contributed by atoms with Gasteiger partial charge in [-0.25, -0.2) is 4.99 Å². The molecule has 9 N–H and O–H groups in total. The zero-order valence-corrected chi connectivity index (χ0v) is 56.9. The Bertz CT molecular complexity index is 4290. The molecule has 97 heavy (non-hydrogen) atoms. The van der Waals surface area contributed by atoms with Crippen molar-refractivity contribution in [2.75, 3.05) is 6.61 Å². The van der Waals surface area contributed by atoms with Gasteiger partial charge in [0.2, 0.25) is 5.72 Å². The lowest BCUT2D eigenvalue weighted by Crippen LogP contribution is -2.60. The molecule has 10 aliphatic rings. The molecule has 7 aromatic carbocycles. The van der Waals surface area contributed by atoms with Crippen molar-refractivity contribution in [1.82, 2.24) is 0 Å². The second-order valence-electron chi connectivity index (χ2n) is 30.8. The highest BCUT2D eigenvalue weighted by molar-refractivity contribution is 7.86. The first-order valence-corrected chi connectivity index (χ1v) is 37.7. The van der Waals surface area contributed by atoms with Crippen LogP contribution < -0.4 is 16.2 Å². The molecule has 0 radical (unpaired) electrons. The average molecular weight is 1320 g/mol. The topological polar surface area (TPSA) is 218 Å². The first-order chi connectivity index (χ1) is 46.9. The van der Waals surface area contributed by atoms with E-state index in [4.69, 9.17) is 25.9 Å². The molecule has 5 heterocycles. The number of aliphatic hydroxyl groups excluding tert-OH is 2. The number of phenolic OH excluding ortho intramolecular Hbond substituents is 1. The van der Waals surface area contributed by atoms with Crippen LogP contribution in [0.5, 0.6) is 11.5 Å². The maximum atomic E-state index is 14.6. The van der Waals surface area contributed by atoms with Crippen LogP contribution in [0.2, 0.25) is 0 Å². The van der Waals surface area contributed by atoms with Crippen molar-refractivity contribution in [3.05, 3.63) is 225 Å². The normalized spacial score (nSPS) is 32.6. The second kappa shape index (κ2) is 26.8. The van der Waals surface area contributed by atoms with E-state index in [1.165, 1.54) is 47.6 Å². The molecule has 17 rings (SSSR count). The average Bonchev–Trinajstić information content (AvgIpc) is 1.36. The van der Waals surface area contributed by atoms with Gasteiger partial charge in [-0.1, -0.05) is 172 Å². The van der Waals surface area contributed by atoms with Crippen LogP contribution in [0.4, 0.5) is 0 Å². The summed E-state index contributed by atoms with van der Waals surface area (Å²) in [6.45, 7) is 4.48. The van der Waals surface area contributed by atoms with Gasteiger partial charge in [0.1, 0.15) is 17.6 Å². The van der Waals surface area contributed by atoms with E-state index in [0.29, 0.717) is 86.5 Å². The fraction of sp³-hybridized carbons (Fsp3) is 0.464. The number of fused-ring (bicyclic) bond motifs is 10. The van der Waals surface area contributed by atoms with Crippen LogP contribution >= 0.6 is 0 Å². The molecule has 3 saturated carbocycles. The number of benzene rings is 7. The number of aliphatic hydroxyl groups is 3. The molecule has 4 fully saturated rings. The van der Waals surface area contributed by atoms with Crippen molar-refractivity contribution in [3.8, 4) is 23.3 Å². The Balaban J connectivity index is 0.826. The second-order valence-corrected chi connectivity index (χ2v) is 32.5. The minimum absolute atomic E-state index is 0.0117. The van der Waals surface area contributed by atoms with Crippen LogP contribution in [0, 0.1) is 59.2 Å². The third-order valence-corrected chi connectivity index (χ3v) is 26.3. The maximum absolute atomic E-state index is 14.6. The van der Waals surface area contributed by atoms with Gasteiger partial charge in [0.25, 0.3) is 10.1 Å². The molecular formula is C84H95N3O9S. The number of aromatic hydroxyl groups is 1. The Morgan fingerprint density at radius 3 is 2.32 bits per heavy atom.